The lowest BCUT2D eigenvalue weighted by atomic mass is 9.86. The van der Waals surface area contributed by atoms with E-state index in [1.807, 2.05) is 47.4 Å². The number of carbonyl (C=O) groups is 1. The Hall–Kier alpha value is -3.35. The van der Waals surface area contributed by atoms with Crippen molar-refractivity contribution in [3.05, 3.63) is 54.1 Å². The number of benzene rings is 2. The van der Waals surface area contributed by atoms with Crippen molar-refractivity contribution in [1.29, 1.82) is 0 Å². The van der Waals surface area contributed by atoms with Crippen molar-refractivity contribution in [2.75, 3.05) is 12.0 Å². The summed E-state index contributed by atoms with van der Waals surface area (Å²) in [5.41, 5.74) is 14.7. The fourth-order valence-corrected chi connectivity index (χ4v) is 4.38. The molecule has 0 amide bonds. The Balaban J connectivity index is 1.96. The molecule has 0 unspecified atom stereocenters. The van der Waals surface area contributed by atoms with Crippen molar-refractivity contribution in [3.8, 4) is 11.1 Å². The highest BCUT2D eigenvalue weighted by Crippen LogP contribution is 2.44. The van der Waals surface area contributed by atoms with Gasteiger partial charge in [-0.1, -0.05) is 42.8 Å². The number of nitrogens with two attached hydrogens (primary N) is 2. The maximum atomic E-state index is 12.6. The quantitative estimate of drug-likeness (QED) is 0.781. The molecular weight excluding hydrogens is 366 g/mol. The largest absolute Gasteiger partial charge is 0.465 e. The maximum Gasteiger partial charge on any atom is 0.338 e. The third-order valence-electron chi connectivity index (χ3n) is 5.60. The molecule has 1 heterocycles. The summed E-state index contributed by atoms with van der Waals surface area (Å²) in [4.78, 5) is 23.5. The zero-order valence-electron chi connectivity index (χ0n) is 16.5. The summed E-state index contributed by atoms with van der Waals surface area (Å²) in [7, 11) is 1.38. The molecule has 1 aliphatic heterocycles. The Morgan fingerprint density at radius 3 is 2.45 bits per heavy atom. The van der Waals surface area contributed by atoms with Gasteiger partial charge in [0.05, 0.1) is 18.4 Å². The minimum absolute atomic E-state index is 0.200. The van der Waals surface area contributed by atoms with Gasteiger partial charge in [-0.15, -0.1) is 0 Å². The van der Waals surface area contributed by atoms with Crippen LogP contribution in [-0.2, 0) is 4.74 Å². The van der Waals surface area contributed by atoms with Gasteiger partial charge in [-0.3, -0.25) is 4.90 Å². The van der Waals surface area contributed by atoms with Crippen LogP contribution in [0, 0.1) is 0 Å². The average molecular weight is 391 g/mol. The smallest absolute Gasteiger partial charge is 0.338 e. The highest BCUT2D eigenvalue weighted by molar-refractivity contribution is 6.10. The van der Waals surface area contributed by atoms with Gasteiger partial charge < -0.3 is 16.2 Å². The van der Waals surface area contributed by atoms with Gasteiger partial charge in [0, 0.05) is 5.56 Å². The number of carbonyl (C=O) groups excluding carboxylic acids is 1. The molecular formula is C22H25N5O2. The molecule has 29 heavy (non-hydrogen) atoms. The number of nitrogens with zero attached hydrogens (tertiary/aromatic N) is 3. The zero-order chi connectivity index (χ0) is 20.4. The summed E-state index contributed by atoms with van der Waals surface area (Å²) < 4.78 is 5.06. The van der Waals surface area contributed by atoms with E-state index in [0.717, 1.165) is 48.9 Å². The monoisotopic (exact) mass is 391 g/mol. The van der Waals surface area contributed by atoms with Crippen molar-refractivity contribution in [1.82, 2.24) is 0 Å². The van der Waals surface area contributed by atoms with Gasteiger partial charge in [0.2, 0.25) is 11.9 Å². The standard InChI is InChI=1S/C22H25N5O2/c1-29-19(28)16-11-8-12-17(18(16)15-9-4-2-5-10-15)27-21(24)25-20(23)26-22(27)13-6-3-7-14-22/h2,4-5,8-12H,3,6-7,13-14H2,1H3,(H4,23,24,25,26). The van der Waals surface area contributed by atoms with Crippen LogP contribution in [0.25, 0.3) is 11.1 Å². The van der Waals surface area contributed by atoms with Crippen molar-refractivity contribution in [2.45, 2.75) is 37.8 Å². The summed E-state index contributed by atoms with van der Waals surface area (Å²) in [5.74, 6) is 0.0866. The summed E-state index contributed by atoms with van der Waals surface area (Å²) in [6.45, 7) is 0. The second kappa shape index (κ2) is 7.58. The fraction of sp³-hybridized carbons (Fsp3) is 0.318. The van der Waals surface area contributed by atoms with E-state index in [2.05, 4.69) is 4.99 Å². The summed E-state index contributed by atoms with van der Waals surface area (Å²) in [5, 5.41) is 0. The fourth-order valence-electron chi connectivity index (χ4n) is 4.38. The van der Waals surface area contributed by atoms with Gasteiger partial charge >= 0.3 is 5.97 Å². The van der Waals surface area contributed by atoms with Gasteiger partial charge in [-0.05, 0) is 43.4 Å². The number of guanidine groups is 2. The first-order valence-corrected chi connectivity index (χ1v) is 9.82. The molecule has 4 rings (SSSR count). The Morgan fingerprint density at radius 2 is 1.76 bits per heavy atom. The molecule has 2 aromatic rings. The van der Waals surface area contributed by atoms with Crippen LogP contribution in [0.3, 0.4) is 0 Å². The number of methoxy groups -OCH3 is 1. The van der Waals surface area contributed by atoms with E-state index in [1.165, 1.54) is 7.11 Å². The number of hydrogen-bond donors (Lipinski definition) is 2. The van der Waals surface area contributed by atoms with Gasteiger partial charge in [0.15, 0.2) is 0 Å². The number of anilines is 1. The molecule has 0 aromatic heterocycles. The Morgan fingerprint density at radius 1 is 1.03 bits per heavy atom. The minimum Gasteiger partial charge on any atom is -0.465 e. The molecule has 2 aliphatic rings. The first-order valence-electron chi connectivity index (χ1n) is 9.82. The second-order valence-corrected chi connectivity index (χ2v) is 7.38. The van der Waals surface area contributed by atoms with Crippen LogP contribution in [0.5, 0.6) is 0 Å². The van der Waals surface area contributed by atoms with E-state index in [1.54, 1.807) is 6.07 Å². The van der Waals surface area contributed by atoms with Gasteiger partial charge in [-0.25, -0.2) is 9.79 Å². The minimum atomic E-state index is -0.591. The van der Waals surface area contributed by atoms with Crippen LogP contribution in [0.1, 0.15) is 42.5 Å². The van der Waals surface area contributed by atoms with Crippen LogP contribution in [-0.4, -0.2) is 30.7 Å². The third-order valence-corrected chi connectivity index (χ3v) is 5.60. The lowest BCUT2D eigenvalue weighted by molar-refractivity contribution is 0.0601. The molecule has 0 atom stereocenters. The van der Waals surface area contributed by atoms with Crippen LogP contribution in [0.4, 0.5) is 5.69 Å². The molecule has 1 spiro atoms. The molecule has 0 radical (unpaired) electrons. The lowest BCUT2D eigenvalue weighted by Crippen LogP contribution is -2.58. The molecule has 7 heteroatoms. The van der Waals surface area contributed by atoms with Crippen LogP contribution < -0.4 is 16.4 Å². The molecule has 1 fully saturated rings. The predicted molar refractivity (Wildman–Crippen MR) is 115 cm³/mol. The molecule has 1 aliphatic carbocycles. The van der Waals surface area contributed by atoms with Gasteiger partial charge in [-0.2, -0.15) is 4.99 Å². The molecule has 7 nitrogen and oxygen atoms in total. The van der Waals surface area contributed by atoms with E-state index in [0.29, 0.717) is 11.5 Å². The van der Waals surface area contributed by atoms with E-state index < -0.39 is 11.6 Å². The van der Waals surface area contributed by atoms with Crippen molar-refractivity contribution in [3.63, 3.8) is 0 Å². The molecule has 150 valence electrons. The molecule has 2 aromatic carbocycles. The maximum absolute atomic E-state index is 12.6. The van der Waals surface area contributed by atoms with Gasteiger partial charge in [0.25, 0.3) is 0 Å². The number of rotatable bonds is 3. The van der Waals surface area contributed by atoms with E-state index in [9.17, 15) is 4.79 Å². The van der Waals surface area contributed by atoms with E-state index in [4.69, 9.17) is 21.2 Å². The Labute approximate surface area is 170 Å². The summed E-state index contributed by atoms with van der Waals surface area (Å²) in [6, 6.07) is 15.3. The third kappa shape index (κ3) is 3.33. The highest BCUT2D eigenvalue weighted by atomic mass is 16.5. The molecule has 0 bridgehead atoms. The molecule has 4 N–H and O–H groups in total. The van der Waals surface area contributed by atoms with Crippen molar-refractivity contribution < 1.29 is 9.53 Å². The van der Waals surface area contributed by atoms with E-state index >= 15 is 0 Å². The van der Waals surface area contributed by atoms with Gasteiger partial charge in [0.1, 0.15) is 5.66 Å². The first kappa shape index (κ1) is 19.0. The zero-order valence-corrected chi connectivity index (χ0v) is 16.5. The number of hydrogen-bond acceptors (Lipinski definition) is 7. The van der Waals surface area contributed by atoms with Crippen molar-refractivity contribution >= 4 is 23.6 Å². The number of aliphatic imine (C=N–C) groups is 2. The SMILES string of the molecule is COC(=O)c1cccc(N2C(N)=NC(N)=NC23CCCCC3)c1-c1ccccc1. The predicted octanol–water partition coefficient (Wildman–Crippen LogP) is 3.25. The summed E-state index contributed by atoms with van der Waals surface area (Å²) in [6.07, 6.45) is 4.84. The topological polar surface area (TPSA) is 106 Å². The summed E-state index contributed by atoms with van der Waals surface area (Å²) >= 11 is 0. The number of ether oxygens (including phenoxy) is 1. The lowest BCUT2D eigenvalue weighted by Gasteiger charge is -2.46. The number of esters is 1. The van der Waals surface area contributed by atoms with Crippen molar-refractivity contribution in [2.24, 2.45) is 21.5 Å². The molecule has 1 saturated carbocycles. The molecule has 0 saturated heterocycles. The highest BCUT2D eigenvalue weighted by Gasteiger charge is 2.43. The van der Waals surface area contributed by atoms with E-state index in [-0.39, 0.29) is 5.96 Å². The average Bonchev–Trinajstić information content (AvgIpc) is 2.73. The van der Waals surface area contributed by atoms with Crippen LogP contribution >= 0.6 is 0 Å². The first-order chi connectivity index (χ1) is 14.1. The Bertz CT molecular complexity index is 978. The van der Waals surface area contributed by atoms with Crippen LogP contribution in [0.15, 0.2) is 58.5 Å². The normalized spacial score (nSPS) is 18.2. The van der Waals surface area contributed by atoms with Crippen LogP contribution in [0.2, 0.25) is 0 Å². The second-order valence-electron chi connectivity index (χ2n) is 7.38. The Kier molecular flexibility index (Phi) is 4.96.